The normalized spacial score (nSPS) is 12.2. The highest BCUT2D eigenvalue weighted by Gasteiger charge is 2.19. The Morgan fingerprint density at radius 1 is 0.750 bits per heavy atom. The smallest absolute Gasteiger partial charge is 0.307 e. The second-order valence-electron chi connectivity index (χ2n) is 7.09. The van der Waals surface area contributed by atoms with E-state index in [0.717, 1.165) is 12.8 Å². The van der Waals surface area contributed by atoms with E-state index in [1.807, 2.05) is 0 Å². The maximum atomic E-state index is 11.0. The number of amides is 1. The zero-order valence-electron chi connectivity index (χ0n) is 15.7. The minimum absolute atomic E-state index is 0.0340. The first-order valence-electron chi connectivity index (χ1n) is 10.1. The quantitative estimate of drug-likeness (QED) is 0.326. The summed E-state index contributed by atoms with van der Waals surface area (Å²) in [6, 6.07) is 0. The minimum atomic E-state index is -0.900. The first-order valence-corrected chi connectivity index (χ1v) is 10.1. The Balaban J connectivity index is 3.30. The molecule has 1 amide bonds. The summed E-state index contributed by atoms with van der Waals surface area (Å²) in [7, 11) is 0. The van der Waals surface area contributed by atoms with E-state index in [1.54, 1.807) is 0 Å². The number of rotatable bonds is 18. The van der Waals surface area contributed by atoms with Crippen LogP contribution in [0.25, 0.3) is 0 Å². The van der Waals surface area contributed by atoms with Gasteiger partial charge in [0.25, 0.3) is 0 Å². The molecule has 0 aromatic heterocycles. The molecule has 24 heavy (non-hydrogen) atoms. The molecule has 142 valence electrons. The number of hydrogen-bond acceptors (Lipinski definition) is 2. The molecule has 0 aliphatic heterocycles. The number of nitrogens with two attached hydrogens (primary N) is 1. The number of primary amides is 1. The van der Waals surface area contributed by atoms with Gasteiger partial charge in [0.15, 0.2) is 0 Å². The molecule has 0 fully saturated rings. The van der Waals surface area contributed by atoms with Crippen LogP contribution < -0.4 is 5.73 Å². The first kappa shape index (κ1) is 22.9. The van der Waals surface area contributed by atoms with Gasteiger partial charge in [0.05, 0.1) is 5.92 Å². The topological polar surface area (TPSA) is 80.4 Å². The van der Waals surface area contributed by atoms with Crippen LogP contribution in [0.15, 0.2) is 0 Å². The predicted octanol–water partition coefficient (Wildman–Crippen LogP) is 5.43. The highest BCUT2D eigenvalue weighted by atomic mass is 16.4. The Labute approximate surface area is 148 Å². The van der Waals surface area contributed by atoms with Gasteiger partial charge in [-0.1, -0.05) is 96.8 Å². The standard InChI is InChI=1S/C20H39NO3/c1-2-3-4-5-6-7-8-9-10-11-12-13-14-15-16-18(20(23)24)17-19(21)22/h18H,2-17H2,1H3,(H2,21,22)(H,23,24). The van der Waals surface area contributed by atoms with E-state index in [4.69, 9.17) is 10.8 Å². The average molecular weight is 342 g/mol. The van der Waals surface area contributed by atoms with Gasteiger partial charge in [-0.05, 0) is 6.42 Å². The van der Waals surface area contributed by atoms with E-state index < -0.39 is 17.8 Å². The molecule has 0 aliphatic rings. The Morgan fingerprint density at radius 2 is 1.12 bits per heavy atom. The van der Waals surface area contributed by atoms with E-state index in [9.17, 15) is 9.59 Å². The van der Waals surface area contributed by atoms with Crippen molar-refractivity contribution in [2.75, 3.05) is 0 Å². The van der Waals surface area contributed by atoms with Crippen molar-refractivity contribution in [3.05, 3.63) is 0 Å². The van der Waals surface area contributed by atoms with Gasteiger partial charge in [0.2, 0.25) is 5.91 Å². The van der Waals surface area contributed by atoms with E-state index in [-0.39, 0.29) is 6.42 Å². The van der Waals surface area contributed by atoms with Crippen molar-refractivity contribution in [2.24, 2.45) is 11.7 Å². The number of carbonyl (C=O) groups is 2. The van der Waals surface area contributed by atoms with Crippen LogP contribution in [0.3, 0.4) is 0 Å². The second kappa shape index (κ2) is 16.8. The molecular formula is C20H39NO3. The van der Waals surface area contributed by atoms with Crippen LogP contribution in [0.4, 0.5) is 0 Å². The van der Waals surface area contributed by atoms with Crippen molar-refractivity contribution < 1.29 is 14.7 Å². The van der Waals surface area contributed by atoms with Gasteiger partial charge in [-0.3, -0.25) is 9.59 Å². The summed E-state index contributed by atoms with van der Waals surface area (Å²) in [6.07, 6.45) is 18.5. The molecule has 1 atom stereocenters. The first-order chi connectivity index (χ1) is 11.6. The third-order valence-electron chi connectivity index (χ3n) is 4.70. The second-order valence-corrected chi connectivity index (χ2v) is 7.09. The minimum Gasteiger partial charge on any atom is -0.481 e. The van der Waals surface area contributed by atoms with Crippen molar-refractivity contribution in [3.63, 3.8) is 0 Å². The van der Waals surface area contributed by atoms with Crippen LogP contribution in [0.2, 0.25) is 0 Å². The van der Waals surface area contributed by atoms with Gasteiger partial charge in [-0.25, -0.2) is 0 Å². The fraction of sp³-hybridized carbons (Fsp3) is 0.900. The van der Waals surface area contributed by atoms with E-state index in [2.05, 4.69) is 6.92 Å². The van der Waals surface area contributed by atoms with Crippen molar-refractivity contribution in [1.29, 1.82) is 0 Å². The molecule has 0 heterocycles. The summed E-state index contributed by atoms with van der Waals surface area (Å²) in [5.41, 5.74) is 5.08. The van der Waals surface area contributed by atoms with Gasteiger partial charge in [-0.2, -0.15) is 0 Å². The molecule has 4 heteroatoms. The van der Waals surface area contributed by atoms with Crippen LogP contribution in [-0.2, 0) is 9.59 Å². The Morgan fingerprint density at radius 3 is 1.46 bits per heavy atom. The van der Waals surface area contributed by atoms with E-state index in [1.165, 1.54) is 77.0 Å². The maximum Gasteiger partial charge on any atom is 0.307 e. The fourth-order valence-corrected chi connectivity index (χ4v) is 3.14. The highest BCUT2D eigenvalue weighted by Crippen LogP contribution is 2.16. The molecular weight excluding hydrogens is 302 g/mol. The number of carboxylic acid groups (broad SMARTS) is 1. The molecule has 0 aromatic carbocycles. The molecule has 0 bridgehead atoms. The Hall–Kier alpha value is -1.06. The molecule has 0 aliphatic carbocycles. The maximum absolute atomic E-state index is 11.0. The summed E-state index contributed by atoms with van der Waals surface area (Å²) in [5.74, 6) is -2.02. The molecule has 3 N–H and O–H groups in total. The van der Waals surface area contributed by atoms with Gasteiger partial charge < -0.3 is 10.8 Å². The summed E-state index contributed by atoms with van der Waals surface area (Å²) >= 11 is 0. The number of aliphatic carboxylic acids is 1. The Bertz CT molecular complexity index is 318. The average Bonchev–Trinajstić information content (AvgIpc) is 2.53. The van der Waals surface area contributed by atoms with Crippen molar-refractivity contribution >= 4 is 11.9 Å². The van der Waals surface area contributed by atoms with E-state index in [0.29, 0.717) is 6.42 Å². The lowest BCUT2D eigenvalue weighted by atomic mass is 9.97. The van der Waals surface area contributed by atoms with Gasteiger partial charge in [-0.15, -0.1) is 0 Å². The van der Waals surface area contributed by atoms with Crippen molar-refractivity contribution in [3.8, 4) is 0 Å². The lowest BCUT2D eigenvalue weighted by molar-refractivity contribution is -0.144. The molecule has 1 unspecified atom stereocenters. The van der Waals surface area contributed by atoms with Crippen LogP contribution >= 0.6 is 0 Å². The molecule has 0 radical (unpaired) electrons. The third-order valence-corrected chi connectivity index (χ3v) is 4.70. The summed E-state index contributed by atoms with van der Waals surface area (Å²) < 4.78 is 0. The Kier molecular flexibility index (Phi) is 16.0. The summed E-state index contributed by atoms with van der Waals surface area (Å²) in [6.45, 7) is 2.26. The lowest BCUT2D eigenvalue weighted by Crippen LogP contribution is -2.22. The number of carboxylic acids is 1. The van der Waals surface area contributed by atoms with Crippen molar-refractivity contribution in [1.82, 2.24) is 0 Å². The number of carbonyl (C=O) groups excluding carboxylic acids is 1. The molecule has 0 spiro atoms. The van der Waals surface area contributed by atoms with Gasteiger partial charge >= 0.3 is 5.97 Å². The monoisotopic (exact) mass is 341 g/mol. The summed E-state index contributed by atoms with van der Waals surface area (Å²) in [5, 5.41) is 9.02. The molecule has 0 saturated heterocycles. The SMILES string of the molecule is CCCCCCCCCCCCCCCCC(CC(N)=O)C(=O)O. The van der Waals surface area contributed by atoms with E-state index >= 15 is 0 Å². The zero-order valence-corrected chi connectivity index (χ0v) is 15.7. The zero-order chi connectivity index (χ0) is 18.0. The molecule has 0 aromatic rings. The van der Waals surface area contributed by atoms with Crippen LogP contribution in [0.1, 0.15) is 110 Å². The number of hydrogen-bond donors (Lipinski definition) is 2. The number of unbranched alkanes of at least 4 members (excludes halogenated alkanes) is 13. The summed E-state index contributed by atoms with van der Waals surface area (Å²) in [4.78, 5) is 21.8. The molecule has 0 rings (SSSR count). The third kappa shape index (κ3) is 15.8. The van der Waals surface area contributed by atoms with Crippen molar-refractivity contribution in [2.45, 2.75) is 110 Å². The molecule has 0 saturated carbocycles. The largest absolute Gasteiger partial charge is 0.481 e. The van der Waals surface area contributed by atoms with Crippen LogP contribution in [-0.4, -0.2) is 17.0 Å². The predicted molar refractivity (Wildman–Crippen MR) is 99.9 cm³/mol. The van der Waals surface area contributed by atoms with Gasteiger partial charge in [0, 0.05) is 6.42 Å². The highest BCUT2D eigenvalue weighted by molar-refractivity contribution is 5.80. The van der Waals surface area contributed by atoms with Gasteiger partial charge in [0.1, 0.15) is 0 Å². The lowest BCUT2D eigenvalue weighted by Gasteiger charge is -2.09. The van der Waals surface area contributed by atoms with Crippen LogP contribution in [0.5, 0.6) is 0 Å². The van der Waals surface area contributed by atoms with Crippen LogP contribution in [0, 0.1) is 5.92 Å². The molecule has 4 nitrogen and oxygen atoms in total. The fourth-order valence-electron chi connectivity index (χ4n) is 3.14.